The van der Waals surface area contributed by atoms with Gasteiger partial charge in [0.25, 0.3) is 5.56 Å². The number of hydrogen-bond acceptors (Lipinski definition) is 11. The summed E-state index contributed by atoms with van der Waals surface area (Å²) < 4.78 is 17.0. The van der Waals surface area contributed by atoms with E-state index < -0.39 is 8.60 Å². The summed E-state index contributed by atoms with van der Waals surface area (Å²) in [5.74, 6) is 0.449. The molecule has 8 N–H and O–H groups in total. The van der Waals surface area contributed by atoms with Crippen LogP contribution < -0.4 is 17.0 Å². The maximum absolute atomic E-state index is 12.7. The predicted molar refractivity (Wildman–Crippen MR) is 142 cm³/mol. The Morgan fingerprint density at radius 3 is 2.42 bits per heavy atom. The zero-order valence-electron chi connectivity index (χ0n) is 20.9. The van der Waals surface area contributed by atoms with Gasteiger partial charge in [0, 0.05) is 33.5 Å². The lowest BCUT2D eigenvalue weighted by molar-refractivity contribution is -0.176. The van der Waals surface area contributed by atoms with Crippen LogP contribution in [-0.2, 0) is 25.1 Å². The smallest absolute Gasteiger partial charge is 0.329 e. The van der Waals surface area contributed by atoms with Crippen LogP contribution in [-0.4, -0.2) is 99.2 Å². The predicted octanol–water partition coefficient (Wildman–Crippen LogP) is -1.33. The van der Waals surface area contributed by atoms with Crippen LogP contribution in [0.4, 0.5) is 0 Å². The highest BCUT2D eigenvalue weighted by molar-refractivity contribution is 7.40. The van der Waals surface area contributed by atoms with Crippen LogP contribution in [0.5, 0.6) is 0 Å². The van der Waals surface area contributed by atoms with Crippen molar-refractivity contribution in [3.8, 4) is 11.3 Å². The zero-order valence-corrected chi connectivity index (χ0v) is 21.7. The van der Waals surface area contributed by atoms with Gasteiger partial charge in [-0.15, -0.1) is 5.26 Å². The van der Waals surface area contributed by atoms with E-state index >= 15 is 0 Å². The highest BCUT2D eigenvalue weighted by Gasteiger charge is 2.16. The van der Waals surface area contributed by atoms with Crippen LogP contribution in [0.1, 0.15) is 0 Å². The molecule has 4 aromatic rings. The van der Waals surface area contributed by atoms with Crippen molar-refractivity contribution in [3.05, 3.63) is 46.9 Å². The van der Waals surface area contributed by atoms with Gasteiger partial charge in [-0.1, -0.05) is 30.3 Å². The molecule has 0 aliphatic carbocycles. The van der Waals surface area contributed by atoms with Gasteiger partial charge >= 0.3 is 8.60 Å². The van der Waals surface area contributed by atoms with Crippen molar-refractivity contribution in [3.63, 3.8) is 0 Å². The highest BCUT2D eigenvalue weighted by atomic mass is 31.2. The SMILES string of the molecule is COP(O)OCCO.NCC=O.O[OH2+].[B]c1nc2c(=O)n3cc(-c4ccccc4)[nH]c3nc2n1CCOC. The molecule has 4 rings (SSSR count). The summed E-state index contributed by atoms with van der Waals surface area (Å²) in [6.07, 6.45) is 2.38. The molecule has 0 saturated carbocycles. The summed E-state index contributed by atoms with van der Waals surface area (Å²) in [4.78, 5) is 42.1. The molecule has 15 nitrogen and oxygen atoms in total. The molecule has 206 valence electrons. The summed E-state index contributed by atoms with van der Waals surface area (Å²) in [6.45, 7) is 1.10. The first-order valence-electron chi connectivity index (χ1n) is 10.9. The number of ether oxygens (including phenoxy) is 1. The van der Waals surface area contributed by atoms with Crippen LogP contribution in [0.25, 0.3) is 28.2 Å². The number of aliphatic hydroxyl groups excluding tert-OH is 1. The number of carbonyl (C=O) groups excluding carboxylic acids is 1. The van der Waals surface area contributed by atoms with Gasteiger partial charge in [-0.2, -0.15) is 4.98 Å². The van der Waals surface area contributed by atoms with Crippen LogP contribution in [0.2, 0.25) is 0 Å². The van der Waals surface area contributed by atoms with Gasteiger partial charge in [0.15, 0.2) is 19.0 Å². The van der Waals surface area contributed by atoms with E-state index in [1.54, 1.807) is 17.9 Å². The third-order valence-electron chi connectivity index (χ3n) is 4.49. The van der Waals surface area contributed by atoms with Crippen molar-refractivity contribution in [2.75, 3.05) is 40.6 Å². The first kappa shape index (κ1) is 33.0. The standard InChI is InChI=1S/C16H14BN5O2.C3H9O4P.C2H5NO.H2O2/c1-24-8-7-21-13-12(19-15(21)17)14(23)22-9-11(18-16(22)20-13)10-5-3-2-4-6-10;1-6-8(5)7-3-2-4;3-1-2-4;1-2/h2-6,9H,7-8H2,1H3,(H,18,20);4-5H,2-3H2,1H3;2H,1,3H2;1-2H/p+1. The first-order chi connectivity index (χ1) is 18.4. The molecule has 0 fully saturated rings. The third kappa shape index (κ3) is 9.36. The molecule has 1 atom stereocenters. The number of aliphatic hydroxyl groups is 1. The van der Waals surface area contributed by atoms with E-state index in [1.165, 1.54) is 11.5 Å². The van der Waals surface area contributed by atoms with Gasteiger partial charge in [-0.3, -0.25) is 10.1 Å². The molecule has 1 aromatic carbocycles. The Bertz CT molecular complexity index is 1290. The maximum atomic E-state index is 12.7. The Morgan fingerprint density at radius 1 is 1.21 bits per heavy atom. The van der Waals surface area contributed by atoms with Crippen molar-refractivity contribution in [2.24, 2.45) is 5.73 Å². The van der Waals surface area contributed by atoms with Gasteiger partial charge in [-0.05, 0) is 5.56 Å². The van der Waals surface area contributed by atoms with Gasteiger partial charge in [0.05, 0.1) is 31.2 Å². The molecular formula is C21H31BN6O9P+. The molecular weight excluding hydrogens is 522 g/mol. The summed E-state index contributed by atoms with van der Waals surface area (Å²) in [7, 11) is 7.11. The number of aldehydes is 1. The number of rotatable bonds is 9. The number of nitrogens with zero attached hydrogens (tertiary/aromatic N) is 4. The van der Waals surface area contributed by atoms with Gasteiger partial charge in [-0.25, -0.2) is 9.38 Å². The fourth-order valence-electron chi connectivity index (χ4n) is 2.91. The summed E-state index contributed by atoms with van der Waals surface area (Å²) in [5, 5.41) is 19.1. The fourth-order valence-corrected chi connectivity index (χ4v) is 3.25. The quantitative estimate of drug-likeness (QED) is 0.0408. The summed E-state index contributed by atoms with van der Waals surface area (Å²) in [6, 6.07) is 9.74. The minimum absolute atomic E-state index is 0.0945. The van der Waals surface area contributed by atoms with Crippen LogP contribution in [0.3, 0.4) is 0 Å². The molecule has 17 heteroatoms. The number of nitrogens with one attached hydrogen (secondary N) is 1. The lowest BCUT2D eigenvalue weighted by Crippen LogP contribution is -2.21. The van der Waals surface area contributed by atoms with Crippen LogP contribution in [0, 0.1) is 0 Å². The normalized spacial score (nSPS) is 11.0. The van der Waals surface area contributed by atoms with Crippen molar-refractivity contribution in [1.82, 2.24) is 23.9 Å². The van der Waals surface area contributed by atoms with Crippen molar-refractivity contribution in [1.29, 1.82) is 0 Å². The number of aromatic amines is 1. The fraction of sp³-hybridized carbons (Fsp3) is 0.333. The van der Waals surface area contributed by atoms with Crippen LogP contribution in [0.15, 0.2) is 41.3 Å². The Morgan fingerprint density at radius 2 is 1.87 bits per heavy atom. The van der Waals surface area contributed by atoms with Gasteiger partial charge in [0.2, 0.25) is 5.78 Å². The molecule has 2 radical (unpaired) electrons. The van der Waals surface area contributed by atoms with E-state index in [0.29, 0.717) is 30.9 Å². The Hall–Kier alpha value is -3.05. The summed E-state index contributed by atoms with van der Waals surface area (Å²) in [5.41, 5.74) is 7.15. The number of hydrogen-bond donors (Lipinski definition) is 5. The number of benzene rings is 1. The molecule has 0 spiro atoms. The second kappa shape index (κ2) is 18.2. The molecule has 38 heavy (non-hydrogen) atoms. The molecule has 0 aliphatic rings. The molecule has 3 aromatic heterocycles. The summed E-state index contributed by atoms with van der Waals surface area (Å²) >= 11 is 0. The Kier molecular flexibility index (Phi) is 15.8. The number of imidazole rings is 2. The molecule has 0 amide bonds. The number of nitrogens with two attached hydrogens (primary N) is 1. The third-order valence-corrected chi connectivity index (χ3v) is 5.20. The Labute approximate surface area is 219 Å². The Balaban J connectivity index is 0.000000433. The topological polar surface area (TPSA) is 222 Å². The van der Waals surface area contributed by atoms with E-state index in [2.05, 4.69) is 29.7 Å². The average molecular weight is 553 g/mol. The molecule has 3 heterocycles. The van der Waals surface area contributed by atoms with E-state index in [9.17, 15) is 4.79 Å². The monoisotopic (exact) mass is 553 g/mol. The molecule has 1 unspecified atom stereocenters. The molecule has 0 aliphatic heterocycles. The number of aromatic nitrogens is 5. The lowest BCUT2D eigenvalue weighted by atomic mass is 10.1. The van der Waals surface area contributed by atoms with Crippen molar-refractivity contribution >= 4 is 45.4 Å². The van der Waals surface area contributed by atoms with E-state index in [0.717, 1.165) is 11.3 Å². The first-order valence-corrected chi connectivity index (χ1v) is 12.0. The van der Waals surface area contributed by atoms with E-state index in [-0.39, 0.29) is 36.6 Å². The maximum Gasteiger partial charge on any atom is 0.329 e. The van der Waals surface area contributed by atoms with Gasteiger partial charge in [0.1, 0.15) is 6.29 Å². The van der Waals surface area contributed by atoms with Gasteiger partial charge < -0.3 is 43.9 Å². The van der Waals surface area contributed by atoms with E-state index in [4.69, 9.17) is 37.9 Å². The molecule has 0 bridgehead atoms. The van der Waals surface area contributed by atoms with E-state index in [1.807, 2.05) is 30.3 Å². The lowest BCUT2D eigenvalue weighted by Gasteiger charge is -2.04. The number of H-pyrrole nitrogens is 1. The highest BCUT2D eigenvalue weighted by Crippen LogP contribution is 2.30. The zero-order chi connectivity index (χ0) is 28.5. The second-order valence-corrected chi connectivity index (χ2v) is 7.91. The average Bonchev–Trinajstić information content (AvgIpc) is 3.54. The number of methoxy groups -OCH3 is 1. The minimum atomic E-state index is -1.74. The molecule has 0 saturated heterocycles. The number of carbonyl (C=O) groups is 1. The minimum Gasteiger partial charge on any atom is -0.394 e. The number of fused-ring (bicyclic) bond motifs is 2. The van der Waals surface area contributed by atoms with Crippen LogP contribution >= 0.6 is 8.60 Å². The van der Waals surface area contributed by atoms with Crippen molar-refractivity contribution < 1.29 is 39.1 Å². The van der Waals surface area contributed by atoms with Crippen molar-refractivity contribution in [2.45, 2.75) is 6.54 Å². The second-order valence-electron chi connectivity index (χ2n) is 6.81. The largest absolute Gasteiger partial charge is 0.394 e.